The van der Waals surface area contributed by atoms with E-state index in [-0.39, 0.29) is 0 Å². The summed E-state index contributed by atoms with van der Waals surface area (Å²) in [6.07, 6.45) is 0.372. The third kappa shape index (κ3) is 3.44. The van der Waals surface area contributed by atoms with E-state index < -0.39 is 0 Å². The molecule has 3 atom stereocenters. The fourth-order valence-electron chi connectivity index (χ4n) is 2.24. The minimum atomic E-state index is 0.292. The van der Waals surface area contributed by atoms with Crippen LogP contribution in [0.2, 0.25) is 0 Å². The Morgan fingerprint density at radius 2 is 2.06 bits per heavy atom. The summed E-state index contributed by atoms with van der Waals surface area (Å²) in [5, 5.41) is 3.36. The van der Waals surface area contributed by atoms with Crippen molar-refractivity contribution in [3.05, 3.63) is 0 Å². The van der Waals surface area contributed by atoms with Crippen molar-refractivity contribution in [2.75, 3.05) is 26.7 Å². The SMILES string of the molecule is CNC(C)C(C)(C)CN1CC(C)OCC1C. The van der Waals surface area contributed by atoms with E-state index in [1.807, 2.05) is 7.05 Å². The molecule has 3 nitrogen and oxygen atoms in total. The van der Waals surface area contributed by atoms with Gasteiger partial charge in [0.1, 0.15) is 0 Å². The van der Waals surface area contributed by atoms with Crippen LogP contribution in [0.3, 0.4) is 0 Å². The van der Waals surface area contributed by atoms with Gasteiger partial charge in [-0.1, -0.05) is 13.8 Å². The molecule has 0 bridgehead atoms. The number of rotatable bonds is 4. The topological polar surface area (TPSA) is 24.5 Å². The van der Waals surface area contributed by atoms with Gasteiger partial charge in [-0.3, -0.25) is 4.90 Å². The second-order valence-corrected chi connectivity index (χ2v) is 5.92. The third-order valence-corrected chi connectivity index (χ3v) is 3.95. The van der Waals surface area contributed by atoms with E-state index in [1.165, 1.54) is 0 Å². The molecule has 0 radical (unpaired) electrons. The van der Waals surface area contributed by atoms with E-state index in [0.717, 1.165) is 19.7 Å². The first-order chi connectivity index (χ1) is 7.36. The maximum absolute atomic E-state index is 5.66. The molecule has 0 amide bonds. The normalized spacial score (nSPS) is 30.4. The van der Waals surface area contributed by atoms with Gasteiger partial charge in [-0.05, 0) is 33.2 Å². The molecule has 0 aliphatic carbocycles. The molecule has 0 saturated carbocycles. The lowest BCUT2D eigenvalue weighted by Crippen LogP contribution is -2.53. The highest BCUT2D eigenvalue weighted by Crippen LogP contribution is 2.24. The molecule has 3 heteroatoms. The molecule has 0 spiro atoms. The first-order valence-corrected chi connectivity index (χ1v) is 6.39. The van der Waals surface area contributed by atoms with Crippen molar-refractivity contribution < 1.29 is 4.74 Å². The molecule has 0 aromatic rings. The zero-order valence-electron chi connectivity index (χ0n) is 11.7. The highest BCUT2D eigenvalue weighted by Gasteiger charge is 2.32. The van der Waals surface area contributed by atoms with E-state index >= 15 is 0 Å². The Hall–Kier alpha value is -0.120. The van der Waals surface area contributed by atoms with Gasteiger partial charge >= 0.3 is 0 Å². The van der Waals surface area contributed by atoms with Crippen molar-refractivity contribution in [1.29, 1.82) is 0 Å². The number of hydrogen-bond donors (Lipinski definition) is 1. The summed E-state index contributed by atoms with van der Waals surface area (Å²) in [7, 11) is 2.04. The van der Waals surface area contributed by atoms with Crippen LogP contribution in [-0.4, -0.2) is 49.8 Å². The van der Waals surface area contributed by atoms with Gasteiger partial charge in [0.25, 0.3) is 0 Å². The van der Waals surface area contributed by atoms with Gasteiger partial charge in [-0.15, -0.1) is 0 Å². The van der Waals surface area contributed by atoms with Crippen molar-refractivity contribution in [1.82, 2.24) is 10.2 Å². The molecule has 0 aromatic carbocycles. The molecule has 1 saturated heterocycles. The second kappa shape index (κ2) is 5.48. The van der Waals surface area contributed by atoms with Crippen molar-refractivity contribution >= 4 is 0 Å². The molecule has 0 aromatic heterocycles. The van der Waals surface area contributed by atoms with Crippen LogP contribution in [-0.2, 0) is 4.74 Å². The van der Waals surface area contributed by atoms with Crippen LogP contribution < -0.4 is 5.32 Å². The van der Waals surface area contributed by atoms with Crippen LogP contribution in [0.15, 0.2) is 0 Å². The minimum Gasteiger partial charge on any atom is -0.376 e. The standard InChI is InChI=1S/C13H28N2O/c1-10-8-16-11(2)7-15(10)9-13(4,5)12(3)14-6/h10-12,14H,7-9H2,1-6H3. The van der Waals surface area contributed by atoms with Crippen LogP contribution in [0, 0.1) is 5.41 Å². The lowest BCUT2D eigenvalue weighted by molar-refractivity contribution is -0.0625. The van der Waals surface area contributed by atoms with E-state index in [0.29, 0.717) is 23.6 Å². The largest absolute Gasteiger partial charge is 0.376 e. The summed E-state index contributed by atoms with van der Waals surface area (Å²) < 4.78 is 5.66. The lowest BCUT2D eigenvalue weighted by atomic mass is 9.84. The molecular weight excluding hydrogens is 200 g/mol. The summed E-state index contributed by atoms with van der Waals surface area (Å²) >= 11 is 0. The van der Waals surface area contributed by atoms with Crippen LogP contribution in [0.5, 0.6) is 0 Å². The number of ether oxygens (including phenoxy) is 1. The summed E-state index contributed by atoms with van der Waals surface area (Å²) in [5.41, 5.74) is 0.292. The highest BCUT2D eigenvalue weighted by molar-refractivity contribution is 4.86. The van der Waals surface area contributed by atoms with Gasteiger partial charge < -0.3 is 10.1 Å². The van der Waals surface area contributed by atoms with Gasteiger partial charge in [0.05, 0.1) is 12.7 Å². The van der Waals surface area contributed by atoms with Gasteiger partial charge in [0, 0.05) is 25.2 Å². The van der Waals surface area contributed by atoms with Gasteiger partial charge in [0.2, 0.25) is 0 Å². The molecular formula is C13H28N2O. The Balaban J connectivity index is 2.57. The quantitative estimate of drug-likeness (QED) is 0.793. The average molecular weight is 228 g/mol. The zero-order valence-corrected chi connectivity index (χ0v) is 11.7. The van der Waals surface area contributed by atoms with Crippen molar-refractivity contribution in [3.8, 4) is 0 Å². The predicted molar refractivity (Wildman–Crippen MR) is 68.8 cm³/mol. The monoisotopic (exact) mass is 228 g/mol. The fraction of sp³-hybridized carbons (Fsp3) is 1.00. The van der Waals surface area contributed by atoms with E-state index in [4.69, 9.17) is 4.74 Å². The van der Waals surface area contributed by atoms with Gasteiger partial charge in [-0.2, -0.15) is 0 Å². The molecule has 1 aliphatic rings. The Labute approximate surface area is 101 Å². The maximum atomic E-state index is 5.66. The molecule has 1 aliphatic heterocycles. The minimum absolute atomic E-state index is 0.292. The summed E-state index contributed by atoms with van der Waals surface area (Å²) in [6.45, 7) is 14.4. The van der Waals surface area contributed by atoms with E-state index in [9.17, 15) is 0 Å². The van der Waals surface area contributed by atoms with Crippen molar-refractivity contribution in [2.24, 2.45) is 5.41 Å². The van der Waals surface area contributed by atoms with Crippen LogP contribution in [0.1, 0.15) is 34.6 Å². The smallest absolute Gasteiger partial charge is 0.0674 e. The molecule has 1 fully saturated rings. The Bertz CT molecular complexity index is 218. The number of nitrogens with one attached hydrogen (secondary N) is 1. The summed E-state index contributed by atoms with van der Waals surface area (Å²) in [5.74, 6) is 0. The lowest BCUT2D eigenvalue weighted by Gasteiger charge is -2.43. The number of hydrogen-bond acceptors (Lipinski definition) is 3. The number of nitrogens with zero attached hydrogens (tertiary/aromatic N) is 1. The van der Waals surface area contributed by atoms with Crippen LogP contribution >= 0.6 is 0 Å². The molecule has 3 unspecified atom stereocenters. The molecule has 1 rings (SSSR count). The Morgan fingerprint density at radius 3 is 2.62 bits per heavy atom. The van der Waals surface area contributed by atoms with Crippen molar-refractivity contribution in [3.63, 3.8) is 0 Å². The first-order valence-electron chi connectivity index (χ1n) is 6.39. The summed E-state index contributed by atoms with van der Waals surface area (Å²) in [6, 6.07) is 1.07. The van der Waals surface area contributed by atoms with Crippen molar-refractivity contribution in [2.45, 2.75) is 52.8 Å². The molecule has 1 N–H and O–H groups in total. The average Bonchev–Trinajstić information content (AvgIpc) is 2.22. The van der Waals surface area contributed by atoms with Crippen LogP contribution in [0.4, 0.5) is 0 Å². The second-order valence-electron chi connectivity index (χ2n) is 5.92. The van der Waals surface area contributed by atoms with Gasteiger partial charge in [0.15, 0.2) is 0 Å². The van der Waals surface area contributed by atoms with Gasteiger partial charge in [-0.25, -0.2) is 0 Å². The fourth-order valence-corrected chi connectivity index (χ4v) is 2.24. The Morgan fingerprint density at radius 1 is 1.44 bits per heavy atom. The number of morpholine rings is 1. The van der Waals surface area contributed by atoms with E-state index in [2.05, 4.69) is 44.8 Å². The zero-order chi connectivity index (χ0) is 12.3. The first kappa shape index (κ1) is 13.9. The van der Waals surface area contributed by atoms with E-state index in [1.54, 1.807) is 0 Å². The third-order valence-electron chi connectivity index (χ3n) is 3.95. The Kier molecular flexibility index (Phi) is 4.77. The molecule has 1 heterocycles. The van der Waals surface area contributed by atoms with Crippen LogP contribution in [0.25, 0.3) is 0 Å². The highest BCUT2D eigenvalue weighted by atomic mass is 16.5. The maximum Gasteiger partial charge on any atom is 0.0674 e. The molecule has 96 valence electrons. The molecule has 16 heavy (non-hydrogen) atoms. The summed E-state index contributed by atoms with van der Waals surface area (Å²) in [4.78, 5) is 2.56. The predicted octanol–water partition coefficient (Wildman–Crippen LogP) is 1.73.